The van der Waals surface area contributed by atoms with Crippen LogP contribution in [-0.4, -0.2) is 11.8 Å². The molecule has 21 heavy (non-hydrogen) atoms. The van der Waals surface area contributed by atoms with Crippen molar-refractivity contribution >= 4 is 29.1 Å². The van der Waals surface area contributed by atoms with Crippen molar-refractivity contribution in [2.45, 2.75) is 6.54 Å². The van der Waals surface area contributed by atoms with Crippen LogP contribution in [0.1, 0.15) is 5.56 Å². The van der Waals surface area contributed by atoms with Gasteiger partial charge in [0.05, 0.1) is 0 Å². The van der Waals surface area contributed by atoms with E-state index in [2.05, 4.69) is 10.6 Å². The summed E-state index contributed by atoms with van der Waals surface area (Å²) in [6, 6.07) is 12.1. The minimum Gasteiger partial charge on any atom is -0.344 e. The van der Waals surface area contributed by atoms with Gasteiger partial charge in [-0.25, -0.2) is 4.39 Å². The number of amides is 2. The van der Waals surface area contributed by atoms with Crippen molar-refractivity contribution in [2.75, 3.05) is 5.32 Å². The van der Waals surface area contributed by atoms with Crippen LogP contribution in [0, 0.1) is 5.82 Å². The van der Waals surface area contributed by atoms with Crippen molar-refractivity contribution in [1.29, 1.82) is 0 Å². The van der Waals surface area contributed by atoms with E-state index >= 15 is 0 Å². The normalized spacial score (nSPS) is 10.0. The molecule has 2 aromatic carbocycles. The topological polar surface area (TPSA) is 58.2 Å². The average Bonchev–Trinajstić information content (AvgIpc) is 2.48. The molecule has 0 atom stereocenters. The number of hydrogen-bond acceptors (Lipinski definition) is 2. The highest BCUT2D eigenvalue weighted by atomic mass is 35.5. The number of benzene rings is 2. The third-order valence-electron chi connectivity index (χ3n) is 2.71. The summed E-state index contributed by atoms with van der Waals surface area (Å²) in [6.07, 6.45) is 0. The summed E-state index contributed by atoms with van der Waals surface area (Å²) in [4.78, 5) is 23.3. The minimum atomic E-state index is -0.825. The molecular weight excluding hydrogens is 295 g/mol. The van der Waals surface area contributed by atoms with E-state index in [-0.39, 0.29) is 6.54 Å². The zero-order valence-electron chi connectivity index (χ0n) is 10.9. The number of rotatable bonds is 3. The Morgan fingerprint density at radius 2 is 1.67 bits per heavy atom. The molecule has 0 aliphatic carbocycles. The lowest BCUT2D eigenvalue weighted by molar-refractivity contribution is -0.136. The summed E-state index contributed by atoms with van der Waals surface area (Å²) in [7, 11) is 0. The van der Waals surface area contributed by atoms with Crippen LogP contribution in [0.15, 0.2) is 48.5 Å². The summed E-state index contributed by atoms with van der Waals surface area (Å²) < 4.78 is 12.7. The molecule has 0 saturated heterocycles. The van der Waals surface area contributed by atoms with Gasteiger partial charge in [-0.15, -0.1) is 0 Å². The zero-order valence-corrected chi connectivity index (χ0v) is 11.7. The molecule has 2 amide bonds. The highest BCUT2D eigenvalue weighted by Crippen LogP contribution is 2.14. The van der Waals surface area contributed by atoms with Crippen LogP contribution < -0.4 is 10.6 Å². The molecule has 0 fully saturated rings. The summed E-state index contributed by atoms with van der Waals surface area (Å²) in [5.74, 6) is -2.04. The molecule has 108 valence electrons. The van der Waals surface area contributed by atoms with Gasteiger partial charge in [-0.2, -0.15) is 0 Å². The first-order chi connectivity index (χ1) is 10.1. The maximum absolute atomic E-state index is 12.7. The molecule has 0 aliphatic heterocycles. The van der Waals surface area contributed by atoms with Gasteiger partial charge in [0.15, 0.2) is 0 Å². The molecule has 0 aromatic heterocycles. The Hall–Kier alpha value is -2.40. The third-order valence-corrected chi connectivity index (χ3v) is 3.07. The second-order valence-corrected chi connectivity index (χ2v) is 4.64. The van der Waals surface area contributed by atoms with Gasteiger partial charge >= 0.3 is 11.8 Å². The molecule has 0 radical (unpaired) electrons. The maximum Gasteiger partial charge on any atom is 0.313 e. The van der Waals surface area contributed by atoms with Crippen molar-refractivity contribution in [3.63, 3.8) is 0 Å². The summed E-state index contributed by atoms with van der Waals surface area (Å²) in [5.41, 5.74) is 1.05. The van der Waals surface area contributed by atoms with E-state index in [1.807, 2.05) is 0 Å². The fraction of sp³-hybridized carbons (Fsp3) is 0.0667. The van der Waals surface area contributed by atoms with Crippen molar-refractivity contribution < 1.29 is 14.0 Å². The monoisotopic (exact) mass is 306 g/mol. The largest absolute Gasteiger partial charge is 0.344 e. The molecule has 0 bridgehead atoms. The first-order valence-electron chi connectivity index (χ1n) is 6.14. The van der Waals surface area contributed by atoms with E-state index in [1.54, 1.807) is 24.3 Å². The first-order valence-corrected chi connectivity index (χ1v) is 6.52. The van der Waals surface area contributed by atoms with E-state index < -0.39 is 17.6 Å². The predicted octanol–water partition coefficient (Wildman–Crippen LogP) is 2.73. The van der Waals surface area contributed by atoms with Crippen molar-refractivity contribution in [2.24, 2.45) is 0 Å². The third kappa shape index (κ3) is 4.29. The lowest BCUT2D eigenvalue weighted by Crippen LogP contribution is -2.35. The zero-order chi connectivity index (χ0) is 15.2. The standard InChI is InChI=1S/C15H12ClFN2O2/c16-13-4-2-1-3-10(13)9-18-14(20)15(21)19-12-7-5-11(17)6-8-12/h1-8H,9H2,(H,18,20)(H,19,21). The summed E-state index contributed by atoms with van der Waals surface area (Å²) in [6.45, 7) is 0.148. The summed E-state index contributed by atoms with van der Waals surface area (Å²) in [5, 5.41) is 5.34. The minimum absolute atomic E-state index is 0.148. The fourth-order valence-electron chi connectivity index (χ4n) is 1.62. The average molecular weight is 307 g/mol. The van der Waals surface area contributed by atoms with Crippen molar-refractivity contribution in [3.05, 3.63) is 64.9 Å². The highest BCUT2D eigenvalue weighted by Gasteiger charge is 2.13. The van der Waals surface area contributed by atoms with E-state index in [1.165, 1.54) is 24.3 Å². The molecule has 0 unspecified atom stereocenters. The van der Waals surface area contributed by atoms with Crippen LogP contribution in [0.3, 0.4) is 0 Å². The predicted molar refractivity (Wildman–Crippen MR) is 78.3 cm³/mol. The Balaban J connectivity index is 1.90. The number of anilines is 1. The van der Waals surface area contributed by atoms with E-state index in [0.717, 1.165) is 0 Å². The molecule has 0 heterocycles. The van der Waals surface area contributed by atoms with Gasteiger partial charge in [-0.05, 0) is 35.9 Å². The van der Waals surface area contributed by atoms with Gasteiger partial charge in [0, 0.05) is 17.3 Å². The van der Waals surface area contributed by atoms with Crippen LogP contribution in [0.25, 0.3) is 0 Å². The van der Waals surface area contributed by atoms with Gasteiger partial charge < -0.3 is 10.6 Å². The molecule has 2 aromatic rings. The van der Waals surface area contributed by atoms with Crippen molar-refractivity contribution in [1.82, 2.24) is 5.32 Å². The van der Waals surface area contributed by atoms with E-state index in [4.69, 9.17) is 11.6 Å². The van der Waals surface area contributed by atoms with Crippen molar-refractivity contribution in [3.8, 4) is 0 Å². The van der Waals surface area contributed by atoms with Crippen LogP contribution in [-0.2, 0) is 16.1 Å². The molecule has 6 heteroatoms. The number of halogens is 2. The Labute approximate surface area is 125 Å². The molecular formula is C15H12ClFN2O2. The van der Waals surface area contributed by atoms with Gasteiger partial charge in [0.25, 0.3) is 0 Å². The Bertz CT molecular complexity index is 659. The lowest BCUT2D eigenvalue weighted by atomic mass is 10.2. The molecule has 0 saturated carbocycles. The number of carbonyl (C=O) groups is 2. The molecule has 2 rings (SSSR count). The first kappa shape index (κ1) is 15.0. The second kappa shape index (κ2) is 6.85. The molecule has 0 aliphatic rings. The molecule has 4 nitrogen and oxygen atoms in total. The fourth-order valence-corrected chi connectivity index (χ4v) is 1.82. The number of carbonyl (C=O) groups excluding carboxylic acids is 2. The SMILES string of the molecule is O=C(NCc1ccccc1Cl)C(=O)Nc1ccc(F)cc1. The van der Waals surface area contributed by atoms with E-state index in [0.29, 0.717) is 16.3 Å². The van der Waals surface area contributed by atoms with Crippen LogP contribution in [0.4, 0.5) is 10.1 Å². The molecule has 2 N–H and O–H groups in total. The van der Waals surface area contributed by atoms with Crippen LogP contribution in [0.2, 0.25) is 5.02 Å². The van der Waals surface area contributed by atoms with Crippen LogP contribution in [0.5, 0.6) is 0 Å². The van der Waals surface area contributed by atoms with Gasteiger partial charge in [0.2, 0.25) is 0 Å². The Morgan fingerprint density at radius 1 is 1.00 bits per heavy atom. The van der Waals surface area contributed by atoms with Crippen LogP contribution >= 0.6 is 11.6 Å². The Morgan fingerprint density at radius 3 is 2.33 bits per heavy atom. The smallest absolute Gasteiger partial charge is 0.313 e. The Kier molecular flexibility index (Phi) is 4.90. The number of hydrogen-bond donors (Lipinski definition) is 2. The lowest BCUT2D eigenvalue weighted by Gasteiger charge is -2.07. The number of nitrogens with one attached hydrogen (secondary N) is 2. The quantitative estimate of drug-likeness (QED) is 0.857. The van der Waals surface area contributed by atoms with Gasteiger partial charge in [-0.1, -0.05) is 29.8 Å². The van der Waals surface area contributed by atoms with Gasteiger partial charge in [-0.3, -0.25) is 9.59 Å². The highest BCUT2D eigenvalue weighted by molar-refractivity contribution is 6.39. The maximum atomic E-state index is 12.7. The second-order valence-electron chi connectivity index (χ2n) is 4.24. The summed E-state index contributed by atoms with van der Waals surface area (Å²) >= 11 is 5.94. The molecule has 0 spiro atoms. The van der Waals surface area contributed by atoms with Gasteiger partial charge in [0.1, 0.15) is 5.82 Å². The van der Waals surface area contributed by atoms with E-state index in [9.17, 15) is 14.0 Å².